The Morgan fingerprint density at radius 1 is 1.19 bits per heavy atom. The van der Waals surface area contributed by atoms with Crippen LogP contribution in [0.15, 0.2) is 52.4 Å². The minimum Gasteiger partial charge on any atom is -0.493 e. The number of aromatic nitrogens is 2. The van der Waals surface area contributed by atoms with Gasteiger partial charge in [-0.15, -0.1) is 0 Å². The third kappa shape index (κ3) is 4.16. The lowest BCUT2D eigenvalue weighted by atomic mass is 10.2. The van der Waals surface area contributed by atoms with E-state index < -0.39 is 0 Å². The lowest BCUT2D eigenvalue weighted by Gasteiger charge is -2.11. The van der Waals surface area contributed by atoms with Crippen molar-refractivity contribution in [2.75, 3.05) is 13.7 Å². The fourth-order valence-corrected chi connectivity index (χ4v) is 2.71. The Kier molecular flexibility index (Phi) is 5.86. The molecule has 0 N–H and O–H groups in total. The highest BCUT2D eigenvalue weighted by Gasteiger charge is 2.07. The van der Waals surface area contributed by atoms with Gasteiger partial charge < -0.3 is 9.47 Å². The first-order valence-corrected chi connectivity index (χ1v) is 8.97. The minimum absolute atomic E-state index is 0.194. The van der Waals surface area contributed by atoms with Crippen LogP contribution in [0.2, 0.25) is 0 Å². The molecule has 0 saturated carbocycles. The monoisotopic (exact) mass is 365 g/mol. The van der Waals surface area contributed by atoms with Gasteiger partial charge in [0, 0.05) is 0 Å². The van der Waals surface area contributed by atoms with Crippen LogP contribution in [0.1, 0.15) is 31.2 Å². The summed E-state index contributed by atoms with van der Waals surface area (Å²) in [6.45, 7) is 4.53. The van der Waals surface area contributed by atoms with Gasteiger partial charge in [-0.2, -0.15) is 9.78 Å². The average Bonchev–Trinajstić information content (AvgIpc) is 2.68. The highest BCUT2D eigenvalue weighted by molar-refractivity contribution is 5.81. The van der Waals surface area contributed by atoms with E-state index in [0.717, 1.165) is 18.4 Å². The zero-order chi connectivity index (χ0) is 19.2. The van der Waals surface area contributed by atoms with Gasteiger partial charge in [0.2, 0.25) is 0 Å². The van der Waals surface area contributed by atoms with Crippen LogP contribution in [-0.4, -0.2) is 29.6 Å². The summed E-state index contributed by atoms with van der Waals surface area (Å²) in [7, 11) is 1.60. The summed E-state index contributed by atoms with van der Waals surface area (Å²) in [4.78, 5) is 17.1. The van der Waals surface area contributed by atoms with Crippen molar-refractivity contribution in [3.63, 3.8) is 0 Å². The Bertz CT molecular complexity index is 1020. The zero-order valence-corrected chi connectivity index (χ0v) is 15.8. The molecular weight excluding hydrogens is 342 g/mol. The maximum atomic E-state index is 12.7. The molecule has 1 aromatic heterocycles. The smallest absolute Gasteiger partial charge is 0.282 e. The van der Waals surface area contributed by atoms with Gasteiger partial charge in [-0.05, 0) is 49.2 Å². The van der Waals surface area contributed by atoms with Crippen molar-refractivity contribution in [2.45, 2.75) is 26.7 Å². The largest absolute Gasteiger partial charge is 0.493 e. The summed E-state index contributed by atoms with van der Waals surface area (Å²) >= 11 is 0. The van der Waals surface area contributed by atoms with Crippen LogP contribution in [0, 0.1) is 6.92 Å². The molecule has 0 fully saturated rings. The molecule has 0 unspecified atom stereocenters. The quantitative estimate of drug-likeness (QED) is 0.472. The van der Waals surface area contributed by atoms with E-state index in [1.165, 1.54) is 4.68 Å². The van der Waals surface area contributed by atoms with E-state index in [0.29, 0.717) is 34.8 Å². The van der Waals surface area contributed by atoms with Crippen LogP contribution in [0.25, 0.3) is 10.9 Å². The SMILES string of the molecule is CCCCOc1ccc(/C=N\n2c(C)nc3ccccc3c2=O)cc1OC. The van der Waals surface area contributed by atoms with Crippen LogP contribution in [0.3, 0.4) is 0 Å². The Morgan fingerprint density at radius 3 is 2.78 bits per heavy atom. The second-order valence-corrected chi connectivity index (χ2v) is 6.15. The van der Waals surface area contributed by atoms with Crippen LogP contribution >= 0.6 is 0 Å². The third-order valence-electron chi connectivity index (χ3n) is 4.18. The molecule has 6 nitrogen and oxygen atoms in total. The van der Waals surface area contributed by atoms with E-state index in [1.807, 2.05) is 36.4 Å². The van der Waals surface area contributed by atoms with Gasteiger partial charge in [-0.3, -0.25) is 4.79 Å². The molecule has 0 aliphatic rings. The van der Waals surface area contributed by atoms with Crippen LogP contribution in [0.5, 0.6) is 11.5 Å². The van der Waals surface area contributed by atoms with E-state index >= 15 is 0 Å². The molecule has 0 atom stereocenters. The van der Waals surface area contributed by atoms with Gasteiger partial charge in [-0.1, -0.05) is 25.5 Å². The Morgan fingerprint density at radius 2 is 2.00 bits per heavy atom. The third-order valence-corrected chi connectivity index (χ3v) is 4.18. The summed E-state index contributed by atoms with van der Waals surface area (Å²) in [5.41, 5.74) is 1.27. The number of hydrogen-bond acceptors (Lipinski definition) is 5. The van der Waals surface area contributed by atoms with E-state index in [1.54, 1.807) is 26.3 Å². The number of hydrogen-bond donors (Lipinski definition) is 0. The number of methoxy groups -OCH3 is 1. The first-order valence-electron chi connectivity index (χ1n) is 8.97. The first kappa shape index (κ1) is 18.6. The second-order valence-electron chi connectivity index (χ2n) is 6.15. The Balaban J connectivity index is 1.90. The first-order chi connectivity index (χ1) is 13.1. The molecule has 0 saturated heterocycles. The van der Waals surface area contributed by atoms with Gasteiger partial charge in [0.15, 0.2) is 11.5 Å². The molecule has 0 bridgehead atoms. The normalized spacial score (nSPS) is 11.2. The maximum Gasteiger partial charge on any atom is 0.282 e. The minimum atomic E-state index is -0.194. The summed E-state index contributed by atoms with van der Waals surface area (Å²) < 4.78 is 12.5. The summed E-state index contributed by atoms with van der Waals surface area (Å²) in [6.07, 6.45) is 3.67. The number of unbranched alkanes of at least 4 members (excludes halogenated alkanes) is 1. The number of para-hydroxylation sites is 1. The standard InChI is InChI=1S/C21H23N3O3/c1-4-5-12-27-19-11-10-16(13-20(19)26-3)14-22-24-15(2)23-18-9-7-6-8-17(18)21(24)25/h6-11,13-14H,4-5,12H2,1-3H3/b22-14-. The van der Waals surface area contributed by atoms with E-state index in [9.17, 15) is 4.79 Å². The summed E-state index contributed by atoms with van der Waals surface area (Å²) in [5.74, 6) is 1.86. The lowest BCUT2D eigenvalue weighted by Crippen LogP contribution is -2.20. The topological polar surface area (TPSA) is 65.7 Å². The lowest BCUT2D eigenvalue weighted by molar-refractivity contribution is 0.288. The van der Waals surface area contributed by atoms with E-state index in [-0.39, 0.29) is 5.56 Å². The number of fused-ring (bicyclic) bond motifs is 1. The summed E-state index contributed by atoms with van der Waals surface area (Å²) in [6, 6.07) is 12.8. The maximum absolute atomic E-state index is 12.7. The highest BCUT2D eigenvalue weighted by atomic mass is 16.5. The average molecular weight is 365 g/mol. The fourth-order valence-electron chi connectivity index (χ4n) is 2.71. The molecule has 0 spiro atoms. The predicted octanol–water partition coefficient (Wildman–Crippen LogP) is 3.77. The van der Waals surface area contributed by atoms with Crippen molar-refractivity contribution >= 4 is 17.1 Å². The molecular formula is C21H23N3O3. The zero-order valence-electron chi connectivity index (χ0n) is 15.8. The molecule has 27 heavy (non-hydrogen) atoms. The van der Waals surface area contributed by atoms with Crippen LogP contribution < -0.4 is 15.0 Å². The molecule has 6 heteroatoms. The predicted molar refractivity (Wildman–Crippen MR) is 107 cm³/mol. The Hall–Kier alpha value is -3.15. The van der Waals surface area contributed by atoms with Crippen molar-refractivity contribution < 1.29 is 9.47 Å². The van der Waals surface area contributed by atoms with Gasteiger partial charge in [0.1, 0.15) is 5.82 Å². The van der Waals surface area contributed by atoms with Crippen molar-refractivity contribution in [1.82, 2.24) is 9.66 Å². The van der Waals surface area contributed by atoms with Gasteiger partial charge >= 0.3 is 0 Å². The van der Waals surface area contributed by atoms with Crippen LogP contribution in [-0.2, 0) is 0 Å². The van der Waals surface area contributed by atoms with Crippen LogP contribution in [0.4, 0.5) is 0 Å². The molecule has 2 aromatic carbocycles. The molecule has 3 rings (SSSR count). The fraction of sp³-hybridized carbons (Fsp3) is 0.286. The van der Waals surface area contributed by atoms with Crippen molar-refractivity contribution in [2.24, 2.45) is 5.10 Å². The number of benzene rings is 2. The molecule has 1 heterocycles. The highest BCUT2D eigenvalue weighted by Crippen LogP contribution is 2.27. The molecule has 0 radical (unpaired) electrons. The molecule has 0 aliphatic carbocycles. The Labute approximate surface area is 158 Å². The van der Waals surface area contributed by atoms with Gasteiger partial charge in [0.25, 0.3) is 5.56 Å². The van der Waals surface area contributed by atoms with E-state index in [4.69, 9.17) is 9.47 Å². The second kappa shape index (κ2) is 8.49. The van der Waals surface area contributed by atoms with E-state index in [2.05, 4.69) is 17.0 Å². The van der Waals surface area contributed by atoms with Crippen molar-refractivity contribution in [1.29, 1.82) is 0 Å². The molecule has 3 aromatic rings. The molecule has 0 aliphatic heterocycles. The van der Waals surface area contributed by atoms with Crippen molar-refractivity contribution in [3.05, 3.63) is 64.2 Å². The van der Waals surface area contributed by atoms with Gasteiger partial charge in [0.05, 0.1) is 30.8 Å². The number of aryl methyl sites for hydroxylation is 1. The van der Waals surface area contributed by atoms with Gasteiger partial charge in [-0.25, -0.2) is 4.98 Å². The molecule has 0 amide bonds. The molecule has 140 valence electrons. The van der Waals surface area contributed by atoms with Crippen molar-refractivity contribution in [3.8, 4) is 11.5 Å². The summed E-state index contributed by atoms with van der Waals surface area (Å²) in [5, 5.41) is 4.87. The number of rotatable bonds is 7. The number of ether oxygens (including phenoxy) is 2. The number of nitrogens with zero attached hydrogens (tertiary/aromatic N) is 3.